The number of morpholine rings is 1. The summed E-state index contributed by atoms with van der Waals surface area (Å²) in [6.07, 6.45) is 4.48. The van der Waals surface area contributed by atoms with E-state index in [9.17, 15) is 0 Å². The lowest BCUT2D eigenvalue weighted by Crippen LogP contribution is -2.36. The maximum atomic E-state index is 6.06. The Bertz CT molecular complexity index is 489. The highest BCUT2D eigenvalue weighted by atomic mass is 16.5. The molecule has 2 heterocycles. The van der Waals surface area contributed by atoms with Crippen LogP contribution in [0.4, 0.5) is 11.6 Å². The van der Waals surface area contributed by atoms with Gasteiger partial charge in [-0.1, -0.05) is 0 Å². The first kappa shape index (κ1) is 15.5. The highest BCUT2D eigenvalue weighted by Gasteiger charge is 2.19. The Kier molecular flexibility index (Phi) is 5.12. The molecule has 1 aromatic rings. The van der Waals surface area contributed by atoms with Crippen LogP contribution in [0, 0.1) is 0 Å². The molecule has 122 valence electrons. The zero-order chi connectivity index (χ0) is 15.4. The van der Waals surface area contributed by atoms with Gasteiger partial charge in [0, 0.05) is 31.7 Å². The molecule has 0 aromatic carbocycles. The Morgan fingerprint density at radius 3 is 2.86 bits per heavy atom. The highest BCUT2D eigenvalue weighted by Crippen LogP contribution is 2.22. The van der Waals surface area contributed by atoms with Gasteiger partial charge in [-0.05, 0) is 43.4 Å². The molecule has 1 saturated carbocycles. The van der Waals surface area contributed by atoms with Crippen LogP contribution in [0.5, 0.6) is 0 Å². The highest BCUT2D eigenvalue weighted by molar-refractivity contribution is 5.47. The molecule has 2 aliphatic rings. The van der Waals surface area contributed by atoms with Crippen molar-refractivity contribution in [1.29, 1.82) is 0 Å². The van der Waals surface area contributed by atoms with Crippen molar-refractivity contribution in [2.75, 3.05) is 37.4 Å². The second-order valence-electron chi connectivity index (χ2n) is 6.44. The van der Waals surface area contributed by atoms with Gasteiger partial charge in [-0.2, -0.15) is 0 Å². The van der Waals surface area contributed by atoms with Gasteiger partial charge in [0.1, 0.15) is 11.6 Å². The number of aromatic nitrogens is 1. The maximum absolute atomic E-state index is 6.06. The number of ether oxygens (including phenoxy) is 1. The quantitative estimate of drug-likeness (QED) is 0.774. The molecule has 2 atom stereocenters. The minimum Gasteiger partial charge on any atom is -0.384 e. The molecule has 0 amide bonds. The number of hydrogen-bond donors (Lipinski definition) is 3. The van der Waals surface area contributed by atoms with Crippen LogP contribution in [0.15, 0.2) is 12.1 Å². The second kappa shape index (κ2) is 7.26. The summed E-state index contributed by atoms with van der Waals surface area (Å²) < 4.78 is 5.39. The Morgan fingerprint density at radius 1 is 1.27 bits per heavy atom. The van der Waals surface area contributed by atoms with Gasteiger partial charge < -0.3 is 21.5 Å². The molecule has 5 N–H and O–H groups in total. The number of nitrogen functional groups attached to an aromatic ring is 1. The number of anilines is 2. The molecule has 0 bridgehead atoms. The van der Waals surface area contributed by atoms with E-state index in [2.05, 4.69) is 21.3 Å². The zero-order valence-corrected chi connectivity index (χ0v) is 13.1. The molecule has 1 aromatic heterocycles. The monoisotopic (exact) mass is 305 g/mol. The molecular formula is C16H27N5O. The van der Waals surface area contributed by atoms with E-state index < -0.39 is 0 Å². The molecule has 3 rings (SSSR count). The predicted molar refractivity (Wildman–Crippen MR) is 88.6 cm³/mol. The third kappa shape index (κ3) is 4.32. The van der Waals surface area contributed by atoms with Gasteiger partial charge in [0.05, 0.1) is 13.2 Å². The van der Waals surface area contributed by atoms with Gasteiger partial charge in [0.25, 0.3) is 0 Å². The van der Waals surface area contributed by atoms with Crippen LogP contribution < -0.4 is 16.8 Å². The standard InChI is InChI=1S/C16H27N5O/c17-13-2-1-3-14(10-13)19-16-9-12(8-15(18)20-16)11-21-4-6-22-7-5-21/h8-9,13-14H,1-7,10-11,17H2,(H3,18,19,20)/t13-,14?/m0/s1. The van der Waals surface area contributed by atoms with Gasteiger partial charge >= 0.3 is 0 Å². The van der Waals surface area contributed by atoms with E-state index in [1.54, 1.807) is 0 Å². The van der Waals surface area contributed by atoms with Gasteiger partial charge in [0.2, 0.25) is 0 Å². The topological polar surface area (TPSA) is 89.4 Å². The summed E-state index contributed by atoms with van der Waals surface area (Å²) in [4.78, 5) is 6.82. The van der Waals surface area contributed by atoms with Crippen LogP contribution in [0.25, 0.3) is 0 Å². The Hall–Kier alpha value is -1.37. The molecule has 2 fully saturated rings. The third-order valence-corrected chi connectivity index (χ3v) is 4.48. The zero-order valence-electron chi connectivity index (χ0n) is 13.1. The molecular weight excluding hydrogens is 278 g/mol. The first-order chi connectivity index (χ1) is 10.7. The van der Waals surface area contributed by atoms with Crippen molar-refractivity contribution in [2.24, 2.45) is 5.73 Å². The fraction of sp³-hybridized carbons (Fsp3) is 0.688. The number of nitrogens with two attached hydrogens (primary N) is 2. The first-order valence-electron chi connectivity index (χ1n) is 8.28. The van der Waals surface area contributed by atoms with Crippen molar-refractivity contribution in [3.8, 4) is 0 Å². The second-order valence-corrected chi connectivity index (χ2v) is 6.44. The molecule has 22 heavy (non-hydrogen) atoms. The number of rotatable bonds is 4. The van der Waals surface area contributed by atoms with Gasteiger partial charge in [0.15, 0.2) is 0 Å². The van der Waals surface area contributed by atoms with Crippen LogP contribution in [-0.2, 0) is 11.3 Å². The molecule has 6 heteroatoms. The van der Waals surface area contributed by atoms with Crippen LogP contribution in [0.2, 0.25) is 0 Å². The largest absolute Gasteiger partial charge is 0.384 e. The van der Waals surface area contributed by atoms with Crippen molar-refractivity contribution >= 4 is 11.6 Å². The number of nitrogens with one attached hydrogen (secondary N) is 1. The fourth-order valence-corrected chi connectivity index (χ4v) is 3.36. The molecule has 0 radical (unpaired) electrons. The van der Waals surface area contributed by atoms with Gasteiger partial charge in [-0.15, -0.1) is 0 Å². The van der Waals surface area contributed by atoms with Gasteiger partial charge in [-0.3, -0.25) is 4.90 Å². The summed E-state index contributed by atoms with van der Waals surface area (Å²) in [5.41, 5.74) is 13.2. The normalized spacial score (nSPS) is 26.8. The molecule has 1 aliphatic carbocycles. The smallest absolute Gasteiger partial charge is 0.128 e. The summed E-state index contributed by atoms with van der Waals surface area (Å²) in [5, 5.41) is 3.52. The maximum Gasteiger partial charge on any atom is 0.128 e. The Balaban J connectivity index is 1.63. The lowest BCUT2D eigenvalue weighted by atomic mass is 9.91. The lowest BCUT2D eigenvalue weighted by molar-refractivity contribution is 0.0342. The molecule has 1 unspecified atom stereocenters. The lowest BCUT2D eigenvalue weighted by Gasteiger charge is -2.28. The number of pyridine rings is 1. The molecule has 0 spiro atoms. The van der Waals surface area contributed by atoms with Crippen LogP contribution in [0.3, 0.4) is 0 Å². The van der Waals surface area contributed by atoms with Crippen LogP contribution >= 0.6 is 0 Å². The first-order valence-corrected chi connectivity index (χ1v) is 8.28. The third-order valence-electron chi connectivity index (χ3n) is 4.48. The van der Waals surface area contributed by atoms with Crippen LogP contribution in [-0.4, -0.2) is 48.3 Å². The van der Waals surface area contributed by atoms with E-state index in [1.807, 2.05) is 6.07 Å². The minimum absolute atomic E-state index is 0.306. The van der Waals surface area contributed by atoms with Crippen molar-refractivity contribution < 1.29 is 4.74 Å². The number of nitrogens with zero attached hydrogens (tertiary/aromatic N) is 2. The van der Waals surface area contributed by atoms with E-state index in [1.165, 1.54) is 12.0 Å². The van der Waals surface area contributed by atoms with Crippen molar-refractivity contribution in [2.45, 2.75) is 44.3 Å². The summed E-state index contributed by atoms with van der Waals surface area (Å²) in [6.45, 7) is 4.47. The molecule has 6 nitrogen and oxygen atoms in total. The van der Waals surface area contributed by atoms with E-state index >= 15 is 0 Å². The minimum atomic E-state index is 0.306. The summed E-state index contributed by atoms with van der Waals surface area (Å²) in [5.74, 6) is 1.45. The van der Waals surface area contributed by atoms with Crippen LogP contribution in [0.1, 0.15) is 31.2 Å². The van der Waals surface area contributed by atoms with Crippen molar-refractivity contribution in [1.82, 2.24) is 9.88 Å². The Morgan fingerprint density at radius 2 is 2.09 bits per heavy atom. The van der Waals surface area contributed by atoms with E-state index in [0.717, 1.165) is 57.9 Å². The number of hydrogen-bond acceptors (Lipinski definition) is 6. The average Bonchev–Trinajstić information content (AvgIpc) is 2.47. The predicted octanol–water partition coefficient (Wildman–Crippen LogP) is 1.18. The van der Waals surface area contributed by atoms with Crippen molar-refractivity contribution in [3.05, 3.63) is 17.7 Å². The van der Waals surface area contributed by atoms with Gasteiger partial charge in [-0.25, -0.2) is 4.98 Å². The van der Waals surface area contributed by atoms with E-state index in [-0.39, 0.29) is 0 Å². The molecule has 1 aliphatic heterocycles. The summed E-state index contributed by atoms with van der Waals surface area (Å²) in [6, 6.07) is 4.80. The van der Waals surface area contributed by atoms with E-state index in [0.29, 0.717) is 17.9 Å². The Labute approximate surface area is 132 Å². The summed E-state index contributed by atoms with van der Waals surface area (Å²) in [7, 11) is 0. The summed E-state index contributed by atoms with van der Waals surface area (Å²) >= 11 is 0. The average molecular weight is 305 g/mol. The molecule has 1 saturated heterocycles. The van der Waals surface area contributed by atoms with E-state index in [4.69, 9.17) is 16.2 Å². The fourth-order valence-electron chi connectivity index (χ4n) is 3.36. The SMILES string of the molecule is Nc1cc(CN2CCOCC2)cc(NC2CCC[C@H](N)C2)n1. The van der Waals surface area contributed by atoms with Crippen molar-refractivity contribution in [3.63, 3.8) is 0 Å².